The van der Waals surface area contributed by atoms with Crippen LogP contribution in [0.1, 0.15) is 78.6 Å². The zero-order valence-corrected chi connectivity index (χ0v) is 21.6. The first-order valence-electron chi connectivity index (χ1n) is 12.4. The van der Waals surface area contributed by atoms with Gasteiger partial charge in [0.25, 0.3) is 0 Å². The number of aliphatic hydroxyl groups excluding tert-OH is 1. The minimum atomic E-state index is -0.502. The van der Waals surface area contributed by atoms with Gasteiger partial charge in [0.15, 0.2) is 5.79 Å². The van der Waals surface area contributed by atoms with Crippen LogP contribution in [0.3, 0.4) is 0 Å². The van der Waals surface area contributed by atoms with Crippen LogP contribution in [0, 0.1) is 23.7 Å². The summed E-state index contributed by atoms with van der Waals surface area (Å²) in [6.45, 7) is 7.81. The Kier molecular flexibility index (Phi) is 12.1. The Labute approximate surface area is 197 Å². The molecule has 0 bridgehead atoms. The van der Waals surface area contributed by atoms with Crippen molar-refractivity contribution in [3.8, 4) is 0 Å². The van der Waals surface area contributed by atoms with Crippen molar-refractivity contribution in [1.82, 2.24) is 0 Å². The van der Waals surface area contributed by atoms with Gasteiger partial charge in [-0.2, -0.15) is 0 Å². The van der Waals surface area contributed by atoms with Gasteiger partial charge < -0.3 is 23.8 Å². The van der Waals surface area contributed by atoms with Gasteiger partial charge >= 0.3 is 5.97 Å². The Morgan fingerprint density at radius 3 is 2.59 bits per heavy atom. The van der Waals surface area contributed by atoms with E-state index in [0.29, 0.717) is 32.0 Å². The fraction of sp³-hybridized carbons (Fsp3) is 0.880. The van der Waals surface area contributed by atoms with Crippen molar-refractivity contribution in [2.24, 2.45) is 23.7 Å². The Morgan fingerprint density at radius 2 is 1.97 bits per heavy atom. The topological polar surface area (TPSA) is 74.2 Å². The van der Waals surface area contributed by atoms with Crippen molar-refractivity contribution < 1.29 is 28.6 Å². The summed E-state index contributed by atoms with van der Waals surface area (Å²) >= 11 is 0. The van der Waals surface area contributed by atoms with Crippen molar-refractivity contribution in [3.05, 3.63) is 12.2 Å². The van der Waals surface area contributed by atoms with Crippen LogP contribution in [0.15, 0.2) is 12.2 Å². The number of allylic oxidation sites excluding steroid dienone is 2. The molecule has 6 nitrogen and oxygen atoms in total. The number of ether oxygens (including phenoxy) is 3. The SMILES string of the molecule is CCCCC(C)C1(CCC2C(OP)CC(O)C2C/C=C/CC(C)CC(=O)OC)OCCO1. The summed E-state index contributed by atoms with van der Waals surface area (Å²) in [6.07, 6.45) is 11.8. The molecule has 2 fully saturated rings. The summed E-state index contributed by atoms with van der Waals surface area (Å²) in [4.78, 5) is 11.4. The Morgan fingerprint density at radius 1 is 1.25 bits per heavy atom. The molecule has 32 heavy (non-hydrogen) atoms. The molecule has 1 aliphatic carbocycles. The fourth-order valence-corrected chi connectivity index (χ4v) is 5.63. The minimum absolute atomic E-state index is 0.0241. The summed E-state index contributed by atoms with van der Waals surface area (Å²) in [5, 5.41) is 10.8. The fourth-order valence-electron chi connectivity index (χ4n) is 5.31. The van der Waals surface area contributed by atoms with Crippen LogP contribution in [0.25, 0.3) is 0 Å². The number of methoxy groups -OCH3 is 1. The molecule has 1 saturated heterocycles. The second kappa shape index (κ2) is 14.0. The molecule has 0 amide bonds. The maximum Gasteiger partial charge on any atom is 0.305 e. The molecule has 7 heteroatoms. The highest BCUT2D eigenvalue weighted by molar-refractivity contribution is 7.09. The van der Waals surface area contributed by atoms with Crippen molar-refractivity contribution in [2.45, 2.75) is 96.6 Å². The number of aliphatic hydroxyl groups is 1. The van der Waals surface area contributed by atoms with Crippen LogP contribution in [0.2, 0.25) is 0 Å². The van der Waals surface area contributed by atoms with Crippen LogP contribution < -0.4 is 0 Å². The van der Waals surface area contributed by atoms with E-state index >= 15 is 0 Å². The van der Waals surface area contributed by atoms with Crippen molar-refractivity contribution in [3.63, 3.8) is 0 Å². The molecule has 0 spiro atoms. The lowest BCUT2D eigenvalue weighted by molar-refractivity contribution is -0.201. The molecule has 1 aliphatic heterocycles. The van der Waals surface area contributed by atoms with Crippen molar-refractivity contribution in [1.29, 1.82) is 0 Å². The van der Waals surface area contributed by atoms with E-state index in [4.69, 9.17) is 18.7 Å². The highest BCUT2D eigenvalue weighted by Crippen LogP contribution is 2.44. The van der Waals surface area contributed by atoms with Gasteiger partial charge in [-0.25, -0.2) is 0 Å². The van der Waals surface area contributed by atoms with E-state index in [1.54, 1.807) is 0 Å². The average molecular weight is 473 g/mol. The molecule has 0 aromatic rings. The van der Waals surface area contributed by atoms with Gasteiger partial charge in [0.2, 0.25) is 0 Å². The highest BCUT2D eigenvalue weighted by Gasteiger charge is 2.46. The normalized spacial score (nSPS) is 29.4. The van der Waals surface area contributed by atoms with E-state index in [0.717, 1.165) is 32.1 Å². The van der Waals surface area contributed by atoms with Gasteiger partial charge in [-0.05, 0) is 43.4 Å². The lowest BCUT2D eigenvalue weighted by atomic mass is 9.82. The zero-order valence-electron chi connectivity index (χ0n) is 20.5. The first-order chi connectivity index (χ1) is 15.4. The molecule has 7 atom stereocenters. The molecule has 1 heterocycles. The van der Waals surface area contributed by atoms with Gasteiger partial charge in [-0.3, -0.25) is 4.79 Å². The molecule has 1 saturated carbocycles. The first-order valence-corrected chi connectivity index (χ1v) is 12.9. The number of hydrogen-bond acceptors (Lipinski definition) is 6. The van der Waals surface area contributed by atoms with Gasteiger partial charge in [-0.15, -0.1) is 0 Å². The number of carbonyl (C=O) groups excluding carboxylic acids is 1. The average Bonchev–Trinajstić information content (AvgIpc) is 3.38. The third kappa shape index (κ3) is 7.77. The Hall–Kier alpha value is -0.520. The molecule has 186 valence electrons. The first kappa shape index (κ1) is 27.7. The number of esters is 1. The van der Waals surface area contributed by atoms with E-state index in [9.17, 15) is 9.90 Å². The van der Waals surface area contributed by atoms with Gasteiger partial charge in [-0.1, -0.05) is 45.8 Å². The maximum absolute atomic E-state index is 11.4. The smallest absolute Gasteiger partial charge is 0.305 e. The largest absolute Gasteiger partial charge is 0.469 e. The lowest BCUT2D eigenvalue weighted by Gasteiger charge is -2.36. The Balaban J connectivity index is 1.96. The molecule has 1 N–H and O–H groups in total. The van der Waals surface area contributed by atoms with Crippen molar-refractivity contribution >= 4 is 15.4 Å². The van der Waals surface area contributed by atoms with Crippen LogP contribution in [0.4, 0.5) is 0 Å². The van der Waals surface area contributed by atoms with Gasteiger partial charge in [0.05, 0.1) is 32.5 Å². The van der Waals surface area contributed by atoms with Crippen LogP contribution >= 0.6 is 9.47 Å². The predicted molar refractivity (Wildman–Crippen MR) is 129 cm³/mol. The lowest BCUT2D eigenvalue weighted by Crippen LogP contribution is -2.39. The zero-order chi connectivity index (χ0) is 23.6. The van der Waals surface area contributed by atoms with E-state index in [1.807, 2.05) is 6.92 Å². The van der Waals surface area contributed by atoms with E-state index < -0.39 is 5.79 Å². The van der Waals surface area contributed by atoms with E-state index in [1.165, 1.54) is 20.0 Å². The minimum Gasteiger partial charge on any atom is -0.469 e. The molecule has 2 rings (SSSR count). The van der Waals surface area contributed by atoms with E-state index in [-0.39, 0.29) is 35.9 Å². The highest BCUT2D eigenvalue weighted by atomic mass is 31.0. The standard InChI is InChI=1S/C25H45O6P/c1-5-6-10-19(3)25(29-14-15-30-25)13-12-21-20(22(26)17-23(21)31-32)11-8-7-9-18(2)16-24(27)28-4/h7-8,18-23,26H,5-6,9-17,32H2,1-4H3/b8-7+. The van der Waals surface area contributed by atoms with Crippen molar-refractivity contribution in [2.75, 3.05) is 20.3 Å². The quantitative estimate of drug-likeness (QED) is 0.217. The van der Waals surface area contributed by atoms with Crippen LogP contribution in [0.5, 0.6) is 0 Å². The molecule has 0 aromatic carbocycles. The Bertz CT molecular complexity index is 577. The van der Waals surface area contributed by atoms with Gasteiger partial charge in [0, 0.05) is 34.6 Å². The molecule has 0 radical (unpaired) electrons. The predicted octanol–water partition coefficient (Wildman–Crippen LogP) is 5.04. The van der Waals surface area contributed by atoms with E-state index in [2.05, 4.69) is 35.5 Å². The summed E-state index contributed by atoms with van der Waals surface area (Å²) < 4.78 is 22.8. The number of carbonyl (C=O) groups is 1. The maximum atomic E-state index is 11.4. The molecular weight excluding hydrogens is 427 g/mol. The molecule has 7 unspecified atom stereocenters. The summed E-state index contributed by atoms with van der Waals surface area (Å²) in [5.41, 5.74) is 0. The summed E-state index contributed by atoms with van der Waals surface area (Å²) in [7, 11) is 3.82. The number of hydrogen-bond donors (Lipinski definition) is 1. The third-order valence-corrected chi connectivity index (χ3v) is 7.72. The molecule has 2 aliphatic rings. The third-order valence-electron chi connectivity index (χ3n) is 7.37. The molecular formula is C25H45O6P. The summed E-state index contributed by atoms with van der Waals surface area (Å²) in [5.74, 6) is 0.321. The second-order valence-electron chi connectivity index (χ2n) is 9.72. The second-order valence-corrected chi connectivity index (χ2v) is 10.00. The number of rotatable bonds is 14. The van der Waals surface area contributed by atoms with Crippen LogP contribution in [-0.2, 0) is 23.5 Å². The number of unbranched alkanes of at least 4 members (excludes halogenated alkanes) is 1. The summed E-state index contributed by atoms with van der Waals surface area (Å²) in [6, 6.07) is 0. The van der Waals surface area contributed by atoms with Crippen LogP contribution in [-0.4, -0.2) is 49.4 Å². The molecule has 0 aromatic heterocycles. The van der Waals surface area contributed by atoms with Gasteiger partial charge in [0.1, 0.15) is 0 Å². The monoisotopic (exact) mass is 472 g/mol.